The van der Waals surface area contributed by atoms with Gasteiger partial charge in [-0.15, -0.1) is 0 Å². The summed E-state index contributed by atoms with van der Waals surface area (Å²) in [5.41, 5.74) is 3.55. The number of hydrogen-bond acceptors (Lipinski definition) is 2. The molecule has 2 amide bonds. The highest BCUT2D eigenvalue weighted by Gasteiger charge is 2.08. The van der Waals surface area contributed by atoms with E-state index in [0.717, 1.165) is 24.1 Å². The highest BCUT2D eigenvalue weighted by molar-refractivity contribution is 5.99. The number of benzene rings is 2. The number of anilines is 1. The number of aryl methyl sites for hydroxylation is 2. The molecular weight excluding hydrogens is 288 g/mol. The summed E-state index contributed by atoms with van der Waals surface area (Å²) in [6.45, 7) is 4.00. The molecule has 120 valence electrons. The molecule has 2 aromatic carbocycles. The van der Waals surface area contributed by atoms with Gasteiger partial charge in [-0.3, -0.25) is 9.59 Å². The van der Waals surface area contributed by atoms with Crippen LogP contribution in [0.1, 0.15) is 34.8 Å². The largest absolute Gasteiger partial charge is 0.343 e. The summed E-state index contributed by atoms with van der Waals surface area (Å²) < 4.78 is 0. The lowest BCUT2D eigenvalue weighted by Crippen LogP contribution is -2.32. The van der Waals surface area contributed by atoms with Gasteiger partial charge in [-0.25, -0.2) is 0 Å². The average molecular weight is 310 g/mol. The Morgan fingerprint density at radius 3 is 2.43 bits per heavy atom. The van der Waals surface area contributed by atoms with Gasteiger partial charge in [0.05, 0.1) is 6.54 Å². The molecule has 0 saturated heterocycles. The van der Waals surface area contributed by atoms with E-state index < -0.39 is 0 Å². The Labute approximate surface area is 136 Å². The van der Waals surface area contributed by atoms with Crippen molar-refractivity contribution in [3.8, 4) is 0 Å². The van der Waals surface area contributed by atoms with Crippen LogP contribution in [0.2, 0.25) is 0 Å². The molecule has 0 atom stereocenters. The van der Waals surface area contributed by atoms with Crippen molar-refractivity contribution in [2.24, 2.45) is 0 Å². The molecule has 0 saturated carbocycles. The van der Waals surface area contributed by atoms with Crippen molar-refractivity contribution in [1.82, 2.24) is 5.32 Å². The van der Waals surface area contributed by atoms with Crippen molar-refractivity contribution in [3.05, 3.63) is 65.2 Å². The van der Waals surface area contributed by atoms with E-state index in [1.54, 1.807) is 12.1 Å². The van der Waals surface area contributed by atoms with E-state index in [0.29, 0.717) is 5.56 Å². The topological polar surface area (TPSA) is 58.2 Å². The quantitative estimate of drug-likeness (QED) is 0.860. The number of carbonyl (C=O) groups is 2. The summed E-state index contributed by atoms with van der Waals surface area (Å²) in [5.74, 6) is -0.489. The lowest BCUT2D eigenvalue weighted by atomic mass is 10.1. The van der Waals surface area contributed by atoms with Gasteiger partial charge in [0.1, 0.15) is 0 Å². The Balaban J connectivity index is 1.84. The summed E-state index contributed by atoms with van der Waals surface area (Å²) in [5, 5.41) is 5.40. The minimum absolute atomic E-state index is 0.0521. The first-order valence-corrected chi connectivity index (χ1v) is 7.82. The van der Waals surface area contributed by atoms with Crippen LogP contribution in [-0.2, 0) is 11.2 Å². The fourth-order valence-corrected chi connectivity index (χ4v) is 2.30. The molecule has 2 rings (SSSR count). The van der Waals surface area contributed by atoms with Crippen LogP contribution in [0.5, 0.6) is 0 Å². The molecule has 0 fully saturated rings. The third-order valence-electron chi connectivity index (χ3n) is 3.47. The molecule has 0 radical (unpaired) electrons. The van der Waals surface area contributed by atoms with Crippen LogP contribution in [0, 0.1) is 6.92 Å². The molecule has 0 aliphatic carbocycles. The van der Waals surface area contributed by atoms with E-state index in [4.69, 9.17) is 0 Å². The molecule has 0 bridgehead atoms. The monoisotopic (exact) mass is 310 g/mol. The maximum absolute atomic E-state index is 12.0. The van der Waals surface area contributed by atoms with E-state index in [1.807, 2.05) is 43.3 Å². The summed E-state index contributed by atoms with van der Waals surface area (Å²) in [4.78, 5) is 23.9. The first-order valence-electron chi connectivity index (χ1n) is 7.82. The summed E-state index contributed by atoms with van der Waals surface area (Å²) in [6.07, 6.45) is 2.12. The van der Waals surface area contributed by atoms with Crippen LogP contribution in [0.4, 0.5) is 5.69 Å². The molecule has 4 nitrogen and oxygen atoms in total. The van der Waals surface area contributed by atoms with E-state index in [-0.39, 0.29) is 18.4 Å². The van der Waals surface area contributed by atoms with Gasteiger partial charge < -0.3 is 10.6 Å². The Bertz CT molecular complexity index is 678. The van der Waals surface area contributed by atoms with Crippen LogP contribution in [0.15, 0.2) is 48.5 Å². The molecule has 23 heavy (non-hydrogen) atoms. The molecule has 0 aromatic heterocycles. The highest BCUT2D eigenvalue weighted by atomic mass is 16.2. The second kappa shape index (κ2) is 8.13. The number of hydrogen-bond donors (Lipinski definition) is 2. The average Bonchev–Trinajstić information content (AvgIpc) is 2.55. The highest BCUT2D eigenvalue weighted by Crippen LogP contribution is 2.10. The molecule has 0 aliphatic rings. The molecule has 0 heterocycles. The number of amides is 2. The van der Waals surface area contributed by atoms with E-state index in [1.165, 1.54) is 5.56 Å². The molecule has 0 spiro atoms. The molecule has 4 heteroatoms. The maximum Gasteiger partial charge on any atom is 0.251 e. The first-order chi connectivity index (χ1) is 11.1. The lowest BCUT2D eigenvalue weighted by molar-refractivity contribution is -0.115. The second-order valence-electron chi connectivity index (χ2n) is 5.55. The summed E-state index contributed by atoms with van der Waals surface area (Å²) in [7, 11) is 0. The van der Waals surface area contributed by atoms with Gasteiger partial charge in [0.15, 0.2) is 0 Å². The van der Waals surface area contributed by atoms with E-state index in [2.05, 4.69) is 17.6 Å². The van der Waals surface area contributed by atoms with Crippen LogP contribution >= 0.6 is 0 Å². The number of nitrogens with one attached hydrogen (secondary N) is 2. The van der Waals surface area contributed by atoms with Crippen molar-refractivity contribution in [3.63, 3.8) is 0 Å². The fraction of sp³-hybridized carbons (Fsp3) is 0.263. The predicted molar refractivity (Wildman–Crippen MR) is 92.6 cm³/mol. The maximum atomic E-state index is 12.0. The molecule has 0 aliphatic heterocycles. The Kier molecular flexibility index (Phi) is 5.92. The van der Waals surface area contributed by atoms with Crippen molar-refractivity contribution >= 4 is 17.5 Å². The Morgan fingerprint density at radius 1 is 1.04 bits per heavy atom. The van der Waals surface area contributed by atoms with Crippen molar-refractivity contribution < 1.29 is 9.59 Å². The molecule has 0 unspecified atom stereocenters. The van der Waals surface area contributed by atoms with Crippen LogP contribution < -0.4 is 10.6 Å². The zero-order valence-electron chi connectivity index (χ0n) is 13.6. The fourth-order valence-electron chi connectivity index (χ4n) is 2.30. The third kappa shape index (κ3) is 5.25. The number of rotatable bonds is 6. The molecule has 2 N–H and O–H groups in total. The summed E-state index contributed by atoms with van der Waals surface area (Å²) >= 11 is 0. The lowest BCUT2D eigenvalue weighted by Gasteiger charge is -2.08. The minimum Gasteiger partial charge on any atom is -0.343 e. The predicted octanol–water partition coefficient (Wildman–Crippen LogP) is 3.32. The molecular formula is C19H22N2O2. The van der Waals surface area contributed by atoms with Gasteiger partial charge in [0.2, 0.25) is 5.91 Å². The van der Waals surface area contributed by atoms with E-state index >= 15 is 0 Å². The van der Waals surface area contributed by atoms with Gasteiger partial charge in [0, 0.05) is 11.3 Å². The van der Waals surface area contributed by atoms with Crippen LogP contribution in [0.25, 0.3) is 0 Å². The SMILES string of the molecule is CCCc1ccc(NC(=O)CNC(=O)c2cccc(C)c2)cc1. The minimum atomic E-state index is -0.248. The smallest absolute Gasteiger partial charge is 0.251 e. The zero-order chi connectivity index (χ0) is 16.7. The van der Waals surface area contributed by atoms with Crippen LogP contribution in [0.3, 0.4) is 0 Å². The van der Waals surface area contributed by atoms with Gasteiger partial charge in [0.25, 0.3) is 5.91 Å². The first kappa shape index (κ1) is 16.7. The Hall–Kier alpha value is -2.62. The summed E-state index contributed by atoms with van der Waals surface area (Å²) in [6, 6.07) is 15.0. The van der Waals surface area contributed by atoms with Gasteiger partial charge in [-0.2, -0.15) is 0 Å². The van der Waals surface area contributed by atoms with Crippen molar-refractivity contribution in [2.75, 3.05) is 11.9 Å². The normalized spacial score (nSPS) is 10.2. The standard InChI is InChI=1S/C19H22N2O2/c1-3-5-15-8-10-17(11-9-15)21-18(22)13-20-19(23)16-7-4-6-14(2)12-16/h4,6-12H,3,5,13H2,1-2H3,(H,20,23)(H,21,22). The second-order valence-corrected chi connectivity index (χ2v) is 5.55. The third-order valence-corrected chi connectivity index (χ3v) is 3.47. The Morgan fingerprint density at radius 2 is 1.78 bits per heavy atom. The zero-order valence-corrected chi connectivity index (χ0v) is 13.6. The van der Waals surface area contributed by atoms with Gasteiger partial charge in [-0.05, 0) is 43.2 Å². The van der Waals surface area contributed by atoms with Gasteiger partial charge >= 0.3 is 0 Å². The van der Waals surface area contributed by atoms with Crippen molar-refractivity contribution in [1.29, 1.82) is 0 Å². The van der Waals surface area contributed by atoms with Crippen molar-refractivity contribution in [2.45, 2.75) is 26.7 Å². The molecule has 2 aromatic rings. The van der Waals surface area contributed by atoms with E-state index in [9.17, 15) is 9.59 Å². The number of carbonyl (C=O) groups excluding carboxylic acids is 2. The van der Waals surface area contributed by atoms with Gasteiger partial charge in [-0.1, -0.05) is 43.2 Å². The van der Waals surface area contributed by atoms with Crippen LogP contribution in [-0.4, -0.2) is 18.4 Å².